The molecule has 0 radical (unpaired) electrons. The van der Waals surface area contributed by atoms with Gasteiger partial charge in [-0.2, -0.15) is 0 Å². The lowest BCUT2D eigenvalue weighted by Crippen LogP contribution is -2.31. The van der Waals surface area contributed by atoms with Gasteiger partial charge >= 0.3 is 0 Å². The summed E-state index contributed by atoms with van der Waals surface area (Å²) in [7, 11) is 0. The first-order valence-corrected chi connectivity index (χ1v) is 10.2. The smallest absolute Gasteiger partial charge is 0.279 e. The SMILES string of the molecule is O=C(c1cc(Cl)ccc1[N+](=O)[O-])N(Cc1cccnc1)c1nc2c(Cl)cccc2s1. The van der Waals surface area contributed by atoms with Crippen LogP contribution < -0.4 is 4.90 Å². The Hall–Kier alpha value is -3.07. The minimum atomic E-state index is -0.610. The molecule has 0 bridgehead atoms. The standard InChI is InChI=1S/C20H12Cl2N4O3S/c21-13-6-7-16(26(28)29)14(9-13)19(27)25(11-12-3-2-8-23-10-12)20-24-18-15(22)4-1-5-17(18)30-20/h1-10H,11H2. The molecule has 0 spiro atoms. The molecule has 0 saturated carbocycles. The summed E-state index contributed by atoms with van der Waals surface area (Å²) < 4.78 is 0.794. The van der Waals surface area contributed by atoms with Crippen LogP contribution in [0.3, 0.4) is 0 Å². The lowest BCUT2D eigenvalue weighted by atomic mass is 10.1. The van der Waals surface area contributed by atoms with Crippen molar-refractivity contribution in [3.8, 4) is 0 Å². The van der Waals surface area contributed by atoms with Crippen LogP contribution in [0.5, 0.6) is 0 Å². The molecule has 0 aliphatic rings. The van der Waals surface area contributed by atoms with Crippen molar-refractivity contribution < 1.29 is 9.72 Å². The van der Waals surface area contributed by atoms with E-state index in [1.165, 1.54) is 34.4 Å². The van der Waals surface area contributed by atoms with E-state index >= 15 is 0 Å². The highest BCUT2D eigenvalue weighted by molar-refractivity contribution is 7.22. The number of carbonyl (C=O) groups excluding carboxylic acids is 1. The van der Waals surface area contributed by atoms with Crippen molar-refractivity contribution in [1.29, 1.82) is 0 Å². The van der Waals surface area contributed by atoms with Gasteiger partial charge in [0.1, 0.15) is 11.1 Å². The van der Waals surface area contributed by atoms with Crippen molar-refractivity contribution in [3.05, 3.63) is 92.2 Å². The molecule has 0 aliphatic heterocycles. The maximum absolute atomic E-state index is 13.5. The van der Waals surface area contributed by atoms with Gasteiger partial charge < -0.3 is 0 Å². The molecular weight excluding hydrogens is 447 g/mol. The third kappa shape index (κ3) is 3.97. The second-order valence-electron chi connectivity index (χ2n) is 6.25. The number of anilines is 1. The fraction of sp³-hybridized carbons (Fsp3) is 0.0500. The van der Waals surface area contributed by atoms with E-state index in [2.05, 4.69) is 9.97 Å². The van der Waals surface area contributed by atoms with Gasteiger partial charge in [-0.25, -0.2) is 4.98 Å². The number of para-hydroxylation sites is 1. The second kappa shape index (κ2) is 8.35. The summed E-state index contributed by atoms with van der Waals surface area (Å²) in [6.45, 7) is 0.119. The quantitative estimate of drug-likeness (QED) is 0.280. The van der Waals surface area contributed by atoms with E-state index in [-0.39, 0.29) is 22.8 Å². The molecule has 0 N–H and O–H groups in total. The number of halogens is 2. The van der Waals surface area contributed by atoms with E-state index in [1.54, 1.807) is 36.7 Å². The number of aromatic nitrogens is 2. The minimum absolute atomic E-state index is 0.119. The lowest BCUT2D eigenvalue weighted by molar-refractivity contribution is -0.385. The van der Waals surface area contributed by atoms with E-state index in [1.807, 2.05) is 6.07 Å². The normalized spacial score (nSPS) is 10.9. The van der Waals surface area contributed by atoms with Crippen LogP contribution in [-0.4, -0.2) is 20.8 Å². The average Bonchev–Trinajstić information content (AvgIpc) is 3.17. The van der Waals surface area contributed by atoms with Crippen molar-refractivity contribution in [3.63, 3.8) is 0 Å². The molecule has 4 aromatic rings. The zero-order chi connectivity index (χ0) is 21.3. The van der Waals surface area contributed by atoms with Gasteiger partial charge in [0, 0.05) is 23.5 Å². The summed E-state index contributed by atoms with van der Waals surface area (Å²) in [5, 5.41) is 12.5. The van der Waals surface area contributed by atoms with Gasteiger partial charge in [-0.3, -0.25) is 24.8 Å². The highest BCUT2D eigenvalue weighted by atomic mass is 35.5. The van der Waals surface area contributed by atoms with Crippen LogP contribution in [0.1, 0.15) is 15.9 Å². The summed E-state index contributed by atoms with van der Waals surface area (Å²) in [5.74, 6) is -0.594. The Morgan fingerprint density at radius 1 is 1.17 bits per heavy atom. The molecular formula is C20H12Cl2N4O3S. The second-order valence-corrected chi connectivity index (χ2v) is 8.11. The monoisotopic (exact) mass is 458 g/mol. The fourth-order valence-electron chi connectivity index (χ4n) is 2.90. The first-order chi connectivity index (χ1) is 14.4. The van der Waals surface area contributed by atoms with Crippen LogP contribution in [0.25, 0.3) is 10.2 Å². The Balaban J connectivity index is 1.85. The number of amides is 1. The number of pyridine rings is 1. The summed E-state index contributed by atoms with van der Waals surface area (Å²) in [6, 6.07) is 12.8. The molecule has 2 aromatic carbocycles. The molecule has 1 amide bonds. The molecule has 2 heterocycles. The highest BCUT2D eigenvalue weighted by Crippen LogP contribution is 2.35. The number of hydrogen-bond donors (Lipinski definition) is 0. The third-order valence-electron chi connectivity index (χ3n) is 4.28. The van der Waals surface area contributed by atoms with Crippen LogP contribution in [-0.2, 0) is 6.54 Å². The van der Waals surface area contributed by atoms with Crippen LogP contribution >= 0.6 is 34.5 Å². The first kappa shape index (κ1) is 20.2. The van der Waals surface area contributed by atoms with Crippen LogP contribution in [0.4, 0.5) is 10.8 Å². The topological polar surface area (TPSA) is 89.2 Å². The maximum Gasteiger partial charge on any atom is 0.282 e. The van der Waals surface area contributed by atoms with Gasteiger partial charge in [0.15, 0.2) is 5.13 Å². The number of carbonyl (C=O) groups is 1. The van der Waals surface area contributed by atoms with E-state index in [0.717, 1.165) is 10.3 Å². The molecule has 2 aromatic heterocycles. The third-order valence-corrected chi connectivity index (χ3v) is 5.87. The summed E-state index contributed by atoms with van der Waals surface area (Å²) in [6.07, 6.45) is 3.24. The van der Waals surface area contributed by atoms with Crippen LogP contribution in [0.2, 0.25) is 10.0 Å². The average molecular weight is 459 g/mol. The molecule has 0 unspecified atom stereocenters. The Labute approximate surface area is 184 Å². The fourth-order valence-corrected chi connectivity index (χ4v) is 4.34. The molecule has 4 rings (SSSR count). The molecule has 10 heteroatoms. The highest BCUT2D eigenvalue weighted by Gasteiger charge is 2.28. The van der Waals surface area contributed by atoms with Crippen molar-refractivity contribution in [1.82, 2.24) is 9.97 Å². The number of hydrogen-bond acceptors (Lipinski definition) is 6. The first-order valence-electron chi connectivity index (χ1n) is 8.64. The van der Waals surface area contributed by atoms with Crippen molar-refractivity contribution >= 4 is 61.5 Å². The van der Waals surface area contributed by atoms with Crippen molar-refractivity contribution in [2.45, 2.75) is 6.54 Å². The summed E-state index contributed by atoms with van der Waals surface area (Å²) >= 11 is 13.5. The number of benzene rings is 2. The van der Waals surface area contributed by atoms with Gasteiger partial charge in [0.2, 0.25) is 0 Å². The largest absolute Gasteiger partial charge is 0.282 e. The molecule has 0 aliphatic carbocycles. The van der Waals surface area contributed by atoms with E-state index in [9.17, 15) is 14.9 Å². The number of rotatable bonds is 5. The molecule has 150 valence electrons. The van der Waals surface area contributed by atoms with Gasteiger partial charge in [0.25, 0.3) is 11.6 Å². The Kier molecular flexibility index (Phi) is 5.63. The van der Waals surface area contributed by atoms with Crippen LogP contribution in [0.15, 0.2) is 60.9 Å². The van der Waals surface area contributed by atoms with Crippen molar-refractivity contribution in [2.24, 2.45) is 0 Å². The number of thiazole rings is 1. The number of nitro groups is 1. The zero-order valence-corrected chi connectivity index (χ0v) is 17.5. The number of fused-ring (bicyclic) bond motifs is 1. The van der Waals surface area contributed by atoms with Gasteiger partial charge in [0.05, 0.1) is 21.2 Å². The molecule has 0 atom stereocenters. The van der Waals surface area contributed by atoms with Crippen LogP contribution in [0, 0.1) is 10.1 Å². The predicted molar refractivity (Wildman–Crippen MR) is 117 cm³/mol. The zero-order valence-electron chi connectivity index (χ0n) is 15.2. The molecule has 0 fully saturated rings. The van der Waals surface area contributed by atoms with Gasteiger partial charge in [-0.05, 0) is 35.9 Å². The minimum Gasteiger partial charge on any atom is -0.279 e. The maximum atomic E-state index is 13.5. The van der Waals surface area contributed by atoms with Gasteiger partial charge in [-0.15, -0.1) is 0 Å². The molecule has 30 heavy (non-hydrogen) atoms. The Morgan fingerprint density at radius 2 is 2.00 bits per heavy atom. The van der Waals surface area contributed by atoms with Gasteiger partial charge in [-0.1, -0.05) is 46.7 Å². The molecule has 0 saturated heterocycles. The Bertz CT molecular complexity index is 1260. The summed E-state index contributed by atoms with van der Waals surface area (Å²) in [4.78, 5) is 34.3. The lowest BCUT2D eigenvalue weighted by Gasteiger charge is -2.20. The molecule has 7 nitrogen and oxygen atoms in total. The van der Waals surface area contributed by atoms with E-state index in [0.29, 0.717) is 15.7 Å². The van der Waals surface area contributed by atoms with E-state index in [4.69, 9.17) is 23.2 Å². The summed E-state index contributed by atoms with van der Waals surface area (Å²) in [5.41, 5.74) is 0.839. The Morgan fingerprint density at radius 3 is 2.70 bits per heavy atom. The number of nitrogens with zero attached hydrogens (tertiary/aromatic N) is 4. The predicted octanol–water partition coefficient (Wildman–Crippen LogP) is 5.75. The van der Waals surface area contributed by atoms with E-state index < -0.39 is 10.8 Å². The number of nitro benzene ring substituents is 1. The van der Waals surface area contributed by atoms with Crippen molar-refractivity contribution in [2.75, 3.05) is 4.90 Å².